The molecule has 18 heavy (non-hydrogen) atoms. The first-order chi connectivity index (χ1) is 8.64. The van der Waals surface area contributed by atoms with Crippen LogP contribution < -0.4 is 5.32 Å². The van der Waals surface area contributed by atoms with E-state index in [2.05, 4.69) is 28.4 Å². The van der Waals surface area contributed by atoms with Crippen LogP contribution in [0.25, 0.3) is 0 Å². The summed E-state index contributed by atoms with van der Waals surface area (Å²) in [4.78, 5) is 2.37. The Morgan fingerprint density at radius 2 is 2.33 bits per heavy atom. The molecule has 0 saturated carbocycles. The zero-order valence-electron chi connectivity index (χ0n) is 11.1. The van der Waals surface area contributed by atoms with E-state index >= 15 is 0 Å². The van der Waals surface area contributed by atoms with Gasteiger partial charge in [-0.15, -0.1) is 0 Å². The number of hydrogen-bond donors (Lipinski definition) is 2. The Hall–Kier alpha value is -1.06. The molecule has 0 aliphatic carbocycles. The summed E-state index contributed by atoms with van der Waals surface area (Å²) in [6.45, 7) is 5.85. The van der Waals surface area contributed by atoms with Gasteiger partial charge in [-0.1, -0.05) is 18.2 Å². The third kappa shape index (κ3) is 2.38. The minimum absolute atomic E-state index is 0.510. The van der Waals surface area contributed by atoms with E-state index in [-0.39, 0.29) is 0 Å². The summed E-state index contributed by atoms with van der Waals surface area (Å²) in [5, 5.41) is 13.6. The highest BCUT2D eigenvalue weighted by molar-refractivity contribution is 5.61. The molecule has 3 heteroatoms. The van der Waals surface area contributed by atoms with Gasteiger partial charge >= 0.3 is 0 Å². The third-order valence-electron chi connectivity index (χ3n) is 4.08. The number of likely N-dealkylation sites (tertiary alicyclic amines) is 1. The maximum absolute atomic E-state index is 10.2. The average molecular weight is 246 g/mol. The molecular weight excluding hydrogens is 224 g/mol. The van der Waals surface area contributed by atoms with Gasteiger partial charge < -0.3 is 10.4 Å². The molecular formula is C15H22N2O. The summed E-state index contributed by atoms with van der Waals surface area (Å²) in [6.07, 6.45) is 3.16. The standard InChI is InChI=1S/C15H22N2O/c1-15(18)7-3-9-17(11-15)10-13-5-2-4-12-6-8-16-14(12)13/h2,4-5,16,18H,3,6-11H2,1H3. The zero-order chi connectivity index (χ0) is 12.6. The molecule has 1 aromatic carbocycles. The Balaban J connectivity index is 1.75. The largest absolute Gasteiger partial charge is 0.389 e. The van der Waals surface area contributed by atoms with Gasteiger partial charge in [0.05, 0.1) is 5.60 Å². The minimum atomic E-state index is -0.510. The van der Waals surface area contributed by atoms with Crippen LogP contribution in [-0.4, -0.2) is 35.2 Å². The lowest BCUT2D eigenvalue weighted by Crippen LogP contribution is -2.45. The fourth-order valence-electron chi connectivity index (χ4n) is 3.24. The Bertz CT molecular complexity index is 442. The van der Waals surface area contributed by atoms with Gasteiger partial charge in [0.2, 0.25) is 0 Å². The van der Waals surface area contributed by atoms with Gasteiger partial charge in [0.1, 0.15) is 0 Å². The van der Waals surface area contributed by atoms with Gasteiger partial charge in [-0.2, -0.15) is 0 Å². The van der Waals surface area contributed by atoms with Crippen molar-refractivity contribution < 1.29 is 5.11 Å². The summed E-state index contributed by atoms with van der Waals surface area (Å²) in [5.74, 6) is 0. The highest BCUT2D eigenvalue weighted by Crippen LogP contribution is 2.29. The fraction of sp³-hybridized carbons (Fsp3) is 0.600. The molecule has 0 bridgehead atoms. The van der Waals surface area contributed by atoms with Crippen LogP contribution in [0.5, 0.6) is 0 Å². The molecule has 3 nitrogen and oxygen atoms in total. The normalized spacial score (nSPS) is 27.9. The van der Waals surface area contributed by atoms with Crippen molar-refractivity contribution in [1.29, 1.82) is 0 Å². The van der Waals surface area contributed by atoms with E-state index in [9.17, 15) is 5.11 Å². The lowest BCUT2D eigenvalue weighted by Gasteiger charge is -2.37. The molecule has 1 saturated heterocycles. The second kappa shape index (κ2) is 4.56. The number of piperidine rings is 1. The number of aliphatic hydroxyl groups is 1. The van der Waals surface area contributed by atoms with Gasteiger partial charge in [0, 0.05) is 25.3 Å². The highest BCUT2D eigenvalue weighted by Gasteiger charge is 2.28. The van der Waals surface area contributed by atoms with E-state index in [1.165, 1.54) is 16.8 Å². The van der Waals surface area contributed by atoms with E-state index in [0.29, 0.717) is 0 Å². The molecule has 2 aliphatic rings. The van der Waals surface area contributed by atoms with Gasteiger partial charge in [0.15, 0.2) is 0 Å². The van der Waals surface area contributed by atoms with Crippen molar-refractivity contribution in [2.75, 3.05) is 25.0 Å². The van der Waals surface area contributed by atoms with Crippen molar-refractivity contribution in [2.24, 2.45) is 0 Å². The molecule has 1 fully saturated rings. The van der Waals surface area contributed by atoms with Crippen LogP contribution in [-0.2, 0) is 13.0 Å². The third-order valence-corrected chi connectivity index (χ3v) is 4.08. The van der Waals surface area contributed by atoms with Crippen molar-refractivity contribution in [1.82, 2.24) is 4.90 Å². The number of anilines is 1. The van der Waals surface area contributed by atoms with Crippen molar-refractivity contribution in [3.63, 3.8) is 0 Å². The van der Waals surface area contributed by atoms with E-state index < -0.39 is 5.60 Å². The lowest BCUT2D eigenvalue weighted by molar-refractivity contribution is -0.0180. The molecule has 1 unspecified atom stereocenters. The predicted molar refractivity (Wildman–Crippen MR) is 73.8 cm³/mol. The Labute approximate surface area is 109 Å². The molecule has 0 amide bonds. The number of rotatable bonds is 2. The molecule has 0 spiro atoms. The van der Waals surface area contributed by atoms with Crippen molar-refractivity contribution >= 4 is 5.69 Å². The monoisotopic (exact) mass is 246 g/mol. The van der Waals surface area contributed by atoms with Gasteiger partial charge in [-0.05, 0) is 43.9 Å². The van der Waals surface area contributed by atoms with Gasteiger partial charge in [-0.25, -0.2) is 0 Å². The van der Waals surface area contributed by atoms with Crippen LogP contribution in [0.15, 0.2) is 18.2 Å². The van der Waals surface area contributed by atoms with Gasteiger partial charge in [-0.3, -0.25) is 4.90 Å². The van der Waals surface area contributed by atoms with E-state index in [1.807, 2.05) is 6.92 Å². The van der Waals surface area contributed by atoms with E-state index in [0.717, 1.165) is 45.4 Å². The molecule has 1 atom stereocenters. The van der Waals surface area contributed by atoms with Crippen molar-refractivity contribution in [3.8, 4) is 0 Å². The smallest absolute Gasteiger partial charge is 0.0746 e. The summed E-state index contributed by atoms with van der Waals surface area (Å²) in [5.41, 5.74) is 3.64. The first-order valence-electron chi connectivity index (χ1n) is 6.93. The van der Waals surface area contributed by atoms with Crippen molar-refractivity contribution in [3.05, 3.63) is 29.3 Å². The lowest BCUT2D eigenvalue weighted by atomic mass is 9.94. The zero-order valence-corrected chi connectivity index (χ0v) is 11.1. The summed E-state index contributed by atoms with van der Waals surface area (Å²) in [7, 11) is 0. The van der Waals surface area contributed by atoms with Crippen LogP contribution in [0.4, 0.5) is 5.69 Å². The number of benzene rings is 1. The Kier molecular flexibility index (Phi) is 3.04. The summed E-state index contributed by atoms with van der Waals surface area (Å²) < 4.78 is 0. The van der Waals surface area contributed by atoms with Crippen molar-refractivity contribution in [2.45, 2.75) is 38.3 Å². The molecule has 0 aromatic heterocycles. The second-order valence-electron chi connectivity index (χ2n) is 5.94. The molecule has 98 valence electrons. The SMILES string of the molecule is CC1(O)CCCN(Cc2cccc3c2NCC3)C1. The first-order valence-corrected chi connectivity index (χ1v) is 6.93. The molecule has 2 N–H and O–H groups in total. The average Bonchev–Trinajstić information content (AvgIpc) is 2.77. The number of hydrogen-bond acceptors (Lipinski definition) is 3. The maximum atomic E-state index is 10.2. The van der Waals surface area contributed by atoms with Crippen LogP contribution >= 0.6 is 0 Å². The molecule has 2 aliphatic heterocycles. The second-order valence-corrected chi connectivity index (χ2v) is 5.94. The molecule has 2 heterocycles. The van der Waals surface area contributed by atoms with Crippen LogP contribution in [0.3, 0.4) is 0 Å². The Morgan fingerprint density at radius 3 is 3.17 bits per heavy atom. The van der Waals surface area contributed by atoms with Gasteiger partial charge in [0.25, 0.3) is 0 Å². The first kappa shape index (κ1) is 12.0. The number of nitrogens with zero attached hydrogens (tertiary/aromatic N) is 1. The minimum Gasteiger partial charge on any atom is -0.389 e. The van der Waals surface area contributed by atoms with Crippen LogP contribution in [0.2, 0.25) is 0 Å². The molecule has 1 aromatic rings. The van der Waals surface area contributed by atoms with E-state index in [4.69, 9.17) is 0 Å². The van der Waals surface area contributed by atoms with Crippen LogP contribution in [0, 0.1) is 0 Å². The highest BCUT2D eigenvalue weighted by atomic mass is 16.3. The summed E-state index contributed by atoms with van der Waals surface area (Å²) >= 11 is 0. The summed E-state index contributed by atoms with van der Waals surface area (Å²) in [6, 6.07) is 6.58. The fourth-order valence-corrected chi connectivity index (χ4v) is 3.24. The van der Waals surface area contributed by atoms with E-state index in [1.54, 1.807) is 0 Å². The Morgan fingerprint density at radius 1 is 1.44 bits per heavy atom. The number of β-amino-alcohol motifs (C(OH)–C–C–N with tert-alkyl or cyclic N) is 1. The maximum Gasteiger partial charge on any atom is 0.0746 e. The molecule has 3 rings (SSSR count). The molecule has 0 radical (unpaired) electrons. The van der Waals surface area contributed by atoms with Crippen LogP contribution in [0.1, 0.15) is 30.9 Å². The topological polar surface area (TPSA) is 35.5 Å². The number of para-hydroxylation sites is 1. The number of nitrogens with one attached hydrogen (secondary N) is 1. The quantitative estimate of drug-likeness (QED) is 0.838. The number of fused-ring (bicyclic) bond motifs is 1. The predicted octanol–water partition coefficient (Wildman–Crippen LogP) is 2.00.